The highest BCUT2D eigenvalue weighted by Gasteiger charge is 2.25. The maximum atomic E-state index is 12.7. The van der Waals surface area contributed by atoms with Crippen molar-refractivity contribution in [3.63, 3.8) is 0 Å². The van der Waals surface area contributed by atoms with Crippen LogP contribution in [0.2, 0.25) is 5.02 Å². The predicted octanol–water partition coefficient (Wildman–Crippen LogP) is 5.18. The van der Waals surface area contributed by atoms with Gasteiger partial charge in [-0.2, -0.15) is 0 Å². The van der Waals surface area contributed by atoms with Gasteiger partial charge in [-0.3, -0.25) is 9.69 Å². The summed E-state index contributed by atoms with van der Waals surface area (Å²) in [6, 6.07) is 16.4. The van der Waals surface area contributed by atoms with E-state index in [1.54, 1.807) is 0 Å². The van der Waals surface area contributed by atoms with Crippen LogP contribution in [0.15, 0.2) is 48.5 Å². The van der Waals surface area contributed by atoms with E-state index in [0.29, 0.717) is 0 Å². The van der Waals surface area contributed by atoms with Gasteiger partial charge in [-0.25, -0.2) is 0 Å². The van der Waals surface area contributed by atoms with Crippen molar-refractivity contribution in [3.8, 4) is 0 Å². The van der Waals surface area contributed by atoms with Crippen LogP contribution in [-0.2, 0) is 11.3 Å². The number of rotatable bonds is 5. The minimum absolute atomic E-state index is 0.0902. The number of amides is 1. The van der Waals surface area contributed by atoms with Crippen LogP contribution < -0.4 is 10.2 Å². The summed E-state index contributed by atoms with van der Waals surface area (Å²) in [5.74, 6) is 0.241. The number of anilines is 2. The normalized spacial score (nSPS) is 18.6. The summed E-state index contributed by atoms with van der Waals surface area (Å²) >= 11 is 6.08. The molecule has 0 bridgehead atoms. The van der Waals surface area contributed by atoms with Crippen molar-refractivity contribution in [2.24, 2.45) is 5.92 Å². The van der Waals surface area contributed by atoms with Crippen LogP contribution in [0.5, 0.6) is 0 Å². The number of nitrogens with one attached hydrogen (secondary N) is 1. The van der Waals surface area contributed by atoms with Gasteiger partial charge in [0.25, 0.3) is 0 Å². The Bertz CT molecular complexity index is 809. The zero-order chi connectivity index (χ0) is 20.1. The maximum absolute atomic E-state index is 12.7. The molecule has 4 rings (SSSR count). The van der Waals surface area contributed by atoms with Crippen LogP contribution in [0.4, 0.5) is 11.4 Å². The molecule has 1 N–H and O–H groups in total. The Hall–Kier alpha value is -2.04. The summed E-state index contributed by atoms with van der Waals surface area (Å²) in [4.78, 5) is 17.5. The molecule has 0 aliphatic carbocycles. The van der Waals surface area contributed by atoms with E-state index in [4.69, 9.17) is 11.6 Å². The molecule has 2 fully saturated rings. The molecule has 0 saturated carbocycles. The number of benzene rings is 2. The lowest BCUT2D eigenvalue weighted by atomic mass is 9.95. The summed E-state index contributed by atoms with van der Waals surface area (Å²) in [6.07, 6.45) is 5.68. The van der Waals surface area contributed by atoms with Crippen molar-refractivity contribution in [2.75, 3.05) is 36.4 Å². The Morgan fingerprint density at radius 1 is 0.966 bits per heavy atom. The first-order valence-corrected chi connectivity index (χ1v) is 11.2. The topological polar surface area (TPSA) is 35.6 Å². The molecule has 4 nitrogen and oxygen atoms in total. The zero-order valence-electron chi connectivity index (χ0n) is 16.9. The molecule has 0 unspecified atom stereocenters. The highest BCUT2D eigenvalue weighted by molar-refractivity contribution is 6.30. The van der Waals surface area contributed by atoms with Gasteiger partial charge in [0.1, 0.15) is 0 Å². The first kappa shape index (κ1) is 20.2. The predicted molar refractivity (Wildman–Crippen MR) is 121 cm³/mol. The van der Waals surface area contributed by atoms with Crippen molar-refractivity contribution in [3.05, 3.63) is 59.1 Å². The maximum Gasteiger partial charge on any atom is 0.227 e. The lowest BCUT2D eigenvalue weighted by Gasteiger charge is -2.31. The number of hydrogen-bond acceptors (Lipinski definition) is 3. The van der Waals surface area contributed by atoms with Gasteiger partial charge >= 0.3 is 0 Å². The molecule has 2 aliphatic heterocycles. The molecule has 0 atom stereocenters. The van der Waals surface area contributed by atoms with E-state index in [1.807, 2.05) is 30.3 Å². The monoisotopic (exact) mass is 411 g/mol. The van der Waals surface area contributed by atoms with E-state index in [9.17, 15) is 4.79 Å². The number of piperidine rings is 2. The highest BCUT2D eigenvalue weighted by Crippen LogP contribution is 2.24. The summed E-state index contributed by atoms with van der Waals surface area (Å²) in [7, 11) is 0. The number of carbonyl (C=O) groups is 1. The smallest absolute Gasteiger partial charge is 0.227 e. The van der Waals surface area contributed by atoms with Crippen LogP contribution in [0, 0.1) is 5.92 Å². The summed E-state index contributed by atoms with van der Waals surface area (Å²) < 4.78 is 0. The number of likely N-dealkylation sites (tertiary alicyclic amines) is 1. The van der Waals surface area contributed by atoms with Gasteiger partial charge in [0.2, 0.25) is 5.91 Å². The number of nitrogens with zero attached hydrogens (tertiary/aromatic N) is 2. The van der Waals surface area contributed by atoms with Gasteiger partial charge in [0, 0.05) is 41.9 Å². The molecule has 0 spiro atoms. The first-order valence-electron chi connectivity index (χ1n) is 10.8. The second-order valence-electron chi connectivity index (χ2n) is 8.26. The third-order valence-electron chi connectivity index (χ3n) is 6.11. The standard InChI is InChI=1S/C24H30ClN3O/c25-21-6-4-5-19(17-21)18-27-15-11-20(12-16-27)24(29)26-22-7-9-23(10-8-22)28-13-2-1-3-14-28/h4-10,17,20H,1-3,11-16,18H2,(H,26,29). The van der Waals surface area contributed by atoms with E-state index < -0.39 is 0 Å². The Balaban J connectivity index is 1.25. The summed E-state index contributed by atoms with van der Waals surface area (Å²) in [6.45, 7) is 5.06. The Morgan fingerprint density at radius 2 is 1.69 bits per heavy atom. The van der Waals surface area contributed by atoms with Crippen molar-refractivity contribution in [1.29, 1.82) is 0 Å². The van der Waals surface area contributed by atoms with Gasteiger partial charge in [-0.05, 0) is 87.2 Å². The van der Waals surface area contributed by atoms with Gasteiger partial charge < -0.3 is 10.2 Å². The molecule has 1 amide bonds. The van der Waals surface area contributed by atoms with E-state index in [-0.39, 0.29) is 11.8 Å². The molecule has 154 valence electrons. The SMILES string of the molecule is O=C(Nc1ccc(N2CCCCC2)cc1)C1CCN(Cc2cccc(Cl)c2)CC1. The number of halogens is 1. The molecule has 5 heteroatoms. The molecule has 0 aromatic heterocycles. The fraction of sp³-hybridized carbons (Fsp3) is 0.458. The molecular weight excluding hydrogens is 382 g/mol. The van der Waals surface area contributed by atoms with Crippen molar-refractivity contribution < 1.29 is 4.79 Å². The van der Waals surface area contributed by atoms with Crippen molar-refractivity contribution >= 4 is 28.9 Å². The lowest BCUT2D eigenvalue weighted by molar-refractivity contribution is -0.121. The highest BCUT2D eigenvalue weighted by atomic mass is 35.5. The molecule has 2 saturated heterocycles. The largest absolute Gasteiger partial charge is 0.372 e. The van der Waals surface area contributed by atoms with E-state index in [1.165, 1.54) is 30.5 Å². The van der Waals surface area contributed by atoms with Crippen LogP contribution in [-0.4, -0.2) is 37.0 Å². The van der Waals surface area contributed by atoms with Crippen LogP contribution in [0.3, 0.4) is 0 Å². The van der Waals surface area contributed by atoms with Crippen LogP contribution in [0.25, 0.3) is 0 Å². The van der Waals surface area contributed by atoms with Gasteiger partial charge in [-0.1, -0.05) is 23.7 Å². The van der Waals surface area contributed by atoms with E-state index in [0.717, 1.165) is 56.3 Å². The molecule has 2 aromatic rings. The second-order valence-corrected chi connectivity index (χ2v) is 8.70. The molecule has 2 heterocycles. The molecular formula is C24H30ClN3O. The van der Waals surface area contributed by atoms with Crippen LogP contribution in [0.1, 0.15) is 37.7 Å². The minimum Gasteiger partial charge on any atom is -0.372 e. The lowest BCUT2D eigenvalue weighted by Crippen LogP contribution is -2.37. The summed E-state index contributed by atoms with van der Waals surface area (Å²) in [5, 5.41) is 3.90. The van der Waals surface area contributed by atoms with E-state index >= 15 is 0 Å². The van der Waals surface area contributed by atoms with Gasteiger partial charge in [0.05, 0.1) is 0 Å². The number of hydrogen-bond donors (Lipinski definition) is 1. The summed E-state index contributed by atoms with van der Waals surface area (Å²) in [5.41, 5.74) is 3.39. The second kappa shape index (κ2) is 9.64. The van der Waals surface area contributed by atoms with Crippen LogP contribution >= 0.6 is 11.6 Å². The molecule has 0 radical (unpaired) electrons. The third-order valence-corrected chi connectivity index (χ3v) is 6.34. The Morgan fingerprint density at radius 3 is 2.38 bits per heavy atom. The van der Waals surface area contributed by atoms with E-state index in [2.05, 4.69) is 33.3 Å². The van der Waals surface area contributed by atoms with Crippen molar-refractivity contribution in [1.82, 2.24) is 4.90 Å². The fourth-order valence-electron chi connectivity index (χ4n) is 4.40. The Kier molecular flexibility index (Phi) is 6.73. The van der Waals surface area contributed by atoms with Gasteiger partial charge in [0.15, 0.2) is 0 Å². The first-order chi connectivity index (χ1) is 14.2. The van der Waals surface area contributed by atoms with Crippen molar-refractivity contribution in [2.45, 2.75) is 38.6 Å². The molecule has 2 aliphatic rings. The Labute approximate surface area is 178 Å². The van der Waals surface area contributed by atoms with Gasteiger partial charge in [-0.15, -0.1) is 0 Å². The molecule has 29 heavy (non-hydrogen) atoms. The third kappa shape index (κ3) is 5.52. The fourth-order valence-corrected chi connectivity index (χ4v) is 4.61. The molecule has 2 aromatic carbocycles. The quantitative estimate of drug-likeness (QED) is 0.736. The number of carbonyl (C=O) groups excluding carboxylic acids is 1. The average Bonchev–Trinajstić information content (AvgIpc) is 2.75. The average molecular weight is 412 g/mol. The minimum atomic E-state index is 0.0902. The zero-order valence-corrected chi connectivity index (χ0v) is 17.7.